The lowest BCUT2D eigenvalue weighted by molar-refractivity contribution is -0.133. The average Bonchev–Trinajstić information content (AvgIpc) is 2.92. The second-order valence-electron chi connectivity index (χ2n) is 4.97. The maximum atomic E-state index is 10.6. The van der Waals surface area contributed by atoms with Gasteiger partial charge in [-0.25, -0.2) is 4.98 Å². The number of hydrogen-bond donors (Lipinski definition) is 1. The maximum absolute atomic E-state index is 10.6. The van der Waals surface area contributed by atoms with Crippen molar-refractivity contribution in [1.29, 1.82) is 0 Å². The van der Waals surface area contributed by atoms with Gasteiger partial charge in [0.2, 0.25) is 0 Å². The number of carboxylic acids is 1. The largest absolute Gasteiger partial charge is 0.481 e. The van der Waals surface area contributed by atoms with Crippen molar-refractivity contribution in [2.75, 3.05) is 5.75 Å². The number of thioether (sulfide) groups is 1. The fourth-order valence-electron chi connectivity index (χ4n) is 2.98. The zero-order valence-corrected chi connectivity index (χ0v) is 11.7. The SMILES string of the molecule is CCC1CCC(n2ccnc2SCC(=O)O)C1C. The molecule has 100 valence electrons. The van der Waals surface area contributed by atoms with E-state index in [9.17, 15) is 4.79 Å². The second kappa shape index (κ2) is 5.78. The number of rotatable bonds is 5. The van der Waals surface area contributed by atoms with Crippen LogP contribution in [0.15, 0.2) is 17.6 Å². The molecule has 0 bridgehead atoms. The Morgan fingerprint density at radius 3 is 3.00 bits per heavy atom. The molecule has 2 rings (SSSR count). The third-order valence-corrected chi connectivity index (χ3v) is 4.99. The molecule has 3 atom stereocenters. The zero-order chi connectivity index (χ0) is 13.1. The van der Waals surface area contributed by atoms with Gasteiger partial charge in [-0.2, -0.15) is 0 Å². The van der Waals surface area contributed by atoms with Crippen molar-refractivity contribution in [3.05, 3.63) is 12.4 Å². The van der Waals surface area contributed by atoms with Crippen LogP contribution >= 0.6 is 11.8 Å². The maximum Gasteiger partial charge on any atom is 0.313 e. The Labute approximate surface area is 112 Å². The van der Waals surface area contributed by atoms with Gasteiger partial charge in [0.05, 0.1) is 5.75 Å². The molecule has 3 unspecified atom stereocenters. The molecule has 0 aromatic carbocycles. The molecule has 1 N–H and O–H groups in total. The molecule has 1 aromatic rings. The van der Waals surface area contributed by atoms with E-state index in [1.165, 1.54) is 31.0 Å². The lowest BCUT2D eigenvalue weighted by Gasteiger charge is -2.22. The molecule has 1 aromatic heterocycles. The minimum absolute atomic E-state index is 0.0787. The van der Waals surface area contributed by atoms with Gasteiger partial charge in [-0.15, -0.1) is 0 Å². The van der Waals surface area contributed by atoms with Gasteiger partial charge >= 0.3 is 5.97 Å². The first-order valence-electron chi connectivity index (χ1n) is 6.51. The molecule has 1 aliphatic rings. The molecule has 0 saturated heterocycles. The number of nitrogens with zero attached hydrogens (tertiary/aromatic N) is 2. The van der Waals surface area contributed by atoms with Crippen molar-refractivity contribution in [3.63, 3.8) is 0 Å². The molecule has 1 saturated carbocycles. The van der Waals surface area contributed by atoms with E-state index in [0.29, 0.717) is 12.0 Å². The molecule has 1 heterocycles. The Kier molecular flexibility index (Phi) is 4.32. The summed E-state index contributed by atoms with van der Waals surface area (Å²) in [6.45, 7) is 4.55. The van der Waals surface area contributed by atoms with Crippen LogP contribution in [0.1, 0.15) is 39.2 Å². The molecule has 1 aliphatic carbocycles. The van der Waals surface area contributed by atoms with E-state index in [1.807, 2.05) is 6.20 Å². The minimum Gasteiger partial charge on any atom is -0.481 e. The Hall–Kier alpha value is -0.970. The first-order valence-corrected chi connectivity index (χ1v) is 7.49. The molecule has 0 amide bonds. The van der Waals surface area contributed by atoms with Gasteiger partial charge < -0.3 is 9.67 Å². The van der Waals surface area contributed by atoms with Crippen LogP contribution in [-0.2, 0) is 4.79 Å². The topological polar surface area (TPSA) is 55.1 Å². The highest BCUT2D eigenvalue weighted by molar-refractivity contribution is 7.99. The van der Waals surface area contributed by atoms with Gasteiger partial charge in [0.25, 0.3) is 0 Å². The third kappa shape index (κ3) is 2.71. The van der Waals surface area contributed by atoms with Crippen LogP contribution in [0.4, 0.5) is 0 Å². The highest BCUT2D eigenvalue weighted by Crippen LogP contribution is 2.42. The molecular formula is C13H20N2O2S. The van der Waals surface area contributed by atoms with Gasteiger partial charge in [0.15, 0.2) is 5.16 Å². The fraction of sp³-hybridized carbons (Fsp3) is 0.692. The standard InChI is InChI=1S/C13H20N2O2S/c1-3-10-4-5-11(9(10)2)15-7-6-14-13(15)18-8-12(16)17/h6-7,9-11H,3-5,8H2,1-2H3,(H,16,17). The lowest BCUT2D eigenvalue weighted by atomic mass is 9.93. The van der Waals surface area contributed by atoms with E-state index in [1.54, 1.807) is 6.20 Å². The summed E-state index contributed by atoms with van der Waals surface area (Å²) in [5, 5.41) is 9.58. The van der Waals surface area contributed by atoms with E-state index >= 15 is 0 Å². The zero-order valence-electron chi connectivity index (χ0n) is 10.9. The number of imidazole rings is 1. The summed E-state index contributed by atoms with van der Waals surface area (Å²) in [5.41, 5.74) is 0. The summed E-state index contributed by atoms with van der Waals surface area (Å²) in [4.78, 5) is 14.9. The lowest BCUT2D eigenvalue weighted by Crippen LogP contribution is -2.16. The van der Waals surface area contributed by atoms with Gasteiger partial charge in [-0.3, -0.25) is 4.79 Å². The number of aromatic nitrogens is 2. The Morgan fingerprint density at radius 2 is 2.39 bits per heavy atom. The van der Waals surface area contributed by atoms with E-state index in [0.717, 1.165) is 11.1 Å². The van der Waals surface area contributed by atoms with Crippen LogP contribution in [0.5, 0.6) is 0 Å². The molecule has 5 heteroatoms. The normalized spacial score (nSPS) is 27.6. The first kappa shape index (κ1) is 13.5. The molecule has 0 radical (unpaired) electrons. The van der Waals surface area contributed by atoms with Gasteiger partial charge in [-0.05, 0) is 24.7 Å². The third-order valence-electron chi connectivity index (χ3n) is 4.02. The molecule has 4 nitrogen and oxygen atoms in total. The van der Waals surface area contributed by atoms with Crippen LogP contribution in [-0.4, -0.2) is 26.4 Å². The monoisotopic (exact) mass is 268 g/mol. The predicted octanol–water partition coefficient (Wildman–Crippen LogP) is 3.06. The van der Waals surface area contributed by atoms with Crippen LogP contribution in [0.3, 0.4) is 0 Å². The fourth-order valence-corrected chi connectivity index (χ4v) is 3.72. The highest BCUT2D eigenvalue weighted by Gasteiger charge is 2.33. The summed E-state index contributed by atoms with van der Waals surface area (Å²) in [7, 11) is 0. The van der Waals surface area contributed by atoms with Gasteiger partial charge in [0.1, 0.15) is 0 Å². The quantitative estimate of drug-likeness (QED) is 0.834. The minimum atomic E-state index is -0.791. The van der Waals surface area contributed by atoms with Crippen LogP contribution < -0.4 is 0 Å². The number of aliphatic carboxylic acids is 1. The van der Waals surface area contributed by atoms with E-state index in [2.05, 4.69) is 23.4 Å². The number of carbonyl (C=O) groups is 1. The van der Waals surface area contributed by atoms with E-state index in [-0.39, 0.29) is 5.75 Å². The summed E-state index contributed by atoms with van der Waals surface area (Å²) in [6.07, 6.45) is 7.43. The van der Waals surface area contributed by atoms with Gasteiger partial charge in [0, 0.05) is 18.4 Å². The van der Waals surface area contributed by atoms with Crippen molar-refractivity contribution in [3.8, 4) is 0 Å². The Morgan fingerprint density at radius 1 is 1.61 bits per heavy atom. The second-order valence-corrected chi connectivity index (χ2v) is 5.91. The van der Waals surface area contributed by atoms with Crippen molar-refractivity contribution in [2.24, 2.45) is 11.8 Å². The highest BCUT2D eigenvalue weighted by atomic mass is 32.2. The molecule has 18 heavy (non-hydrogen) atoms. The van der Waals surface area contributed by atoms with Crippen LogP contribution in [0.2, 0.25) is 0 Å². The summed E-state index contributed by atoms with van der Waals surface area (Å²) in [5.74, 6) is 0.721. The summed E-state index contributed by atoms with van der Waals surface area (Å²) >= 11 is 1.31. The van der Waals surface area contributed by atoms with E-state index < -0.39 is 5.97 Å². The van der Waals surface area contributed by atoms with Crippen LogP contribution in [0.25, 0.3) is 0 Å². The van der Waals surface area contributed by atoms with Gasteiger partial charge in [-0.1, -0.05) is 32.0 Å². The van der Waals surface area contributed by atoms with Crippen molar-refractivity contribution in [1.82, 2.24) is 9.55 Å². The first-order chi connectivity index (χ1) is 8.63. The average molecular weight is 268 g/mol. The summed E-state index contributed by atoms with van der Waals surface area (Å²) < 4.78 is 2.17. The molecular weight excluding hydrogens is 248 g/mol. The molecule has 0 spiro atoms. The molecule has 0 aliphatic heterocycles. The summed E-state index contributed by atoms with van der Waals surface area (Å²) in [6, 6.07) is 0.480. The van der Waals surface area contributed by atoms with Crippen LogP contribution in [0, 0.1) is 11.8 Å². The predicted molar refractivity (Wildman–Crippen MR) is 71.8 cm³/mol. The Bertz CT molecular complexity index is 419. The molecule has 1 fully saturated rings. The van der Waals surface area contributed by atoms with Crippen molar-refractivity contribution >= 4 is 17.7 Å². The van der Waals surface area contributed by atoms with Crippen molar-refractivity contribution in [2.45, 2.75) is 44.3 Å². The number of carboxylic acid groups (broad SMARTS) is 1. The van der Waals surface area contributed by atoms with Crippen molar-refractivity contribution < 1.29 is 9.90 Å². The number of hydrogen-bond acceptors (Lipinski definition) is 3. The smallest absolute Gasteiger partial charge is 0.313 e. The van der Waals surface area contributed by atoms with E-state index in [4.69, 9.17) is 5.11 Å². The Balaban J connectivity index is 2.09.